The molecule has 1 saturated heterocycles. The summed E-state index contributed by atoms with van der Waals surface area (Å²) in [6, 6.07) is 8.81. The minimum Gasteiger partial charge on any atom is -0.345 e. The summed E-state index contributed by atoms with van der Waals surface area (Å²) >= 11 is 0. The summed E-state index contributed by atoms with van der Waals surface area (Å²) in [7, 11) is 0. The van der Waals surface area contributed by atoms with Crippen molar-refractivity contribution in [3.05, 3.63) is 30.3 Å². The van der Waals surface area contributed by atoms with Crippen LogP contribution in [0.15, 0.2) is 30.3 Å². The number of hydrogen-bond acceptors (Lipinski definition) is 4. The number of carbonyl (C=O) groups is 3. The zero-order valence-electron chi connectivity index (χ0n) is 14.1. The molecule has 0 saturated carbocycles. The number of benzene rings is 1. The zero-order valence-corrected chi connectivity index (χ0v) is 14.1. The van der Waals surface area contributed by atoms with E-state index in [4.69, 9.17) is 0 Å². The van der Waals surface area contributed by atoms with Crippen LogP contribution in [-0.2, 0) is 14.4 Å². The summed E-state index contributed by atoms with van der Waals surface area (Å²) < 4.78 is 0. The Morgan fingerprint density at radius 3 is 2.29 bits per heavy atom. The van der Waals surface area contributed by atoms with Crippen LogP contribution < -0.4 is 10.6 Å². The summed E-state index contributed by atoms with van der Waals surface area (Å²) in [5.41, 5.74) is 0.778. The van der Waals surface area contributed by atoms with Gasteiger partial charge in [-0.25, -0.2) is 0 Å². The first-order valence-electron chi connectivity index (χ1n) is 8.09. The van der Waals surface area contributed by atoms with Crippen molar-refractivity contribution in [2.45, 2.75) is 19.9 Å². The van der Waals surface area contributed by atoms with Crippen molar-refractivity contribution in [1.82, 2.24) is 15.1 Å². The predicted molar refractivity (Wildman–Crippen MR) is 91.4 cm³/mol. The summed E-state index contributed by atoms with van der Waals surface area (Å²) in [4.78, 5) is 39.0. The lowest BCUT2D eigenvalue weighted by atomic mass is 10.2. The Hall–Kier alpha value is -2.41. The van der Waals surface area contributed by atoms with Crippen LogP contribution in [0.25, 0.3) is 0 Å². The number of anilines is 1. The lowest BCUT2D eigenvalue weighted by Crippen LogP contribution is -2.54. The smallest absolute Gasteiger partial charge is 0.244 e. The molecule has 3 amide bonds. The lowest BCUT2D eigenvalue weighted by Gasteiger charge is -2.35. The van der Waals surface area contributed by atoms with Crippen molar-refractivity contribution in [1.29, 1.82) is 0 Å². The van der Waals surface area contributed by atoms with Crippen LogP contribution in [0.1, 0.15) is 13.8 Å². The molecule has 1 aromatic carbocycles. The Bertz CT molecular complexity index is 583. The predicted octanol–water partition coefficient (Wildman–Crippen LogP) is 0.294. The molecule has 0 bridgehead atoms. The van der Waals surface area contributed by atoms with E-state index in [0.29, 0.717) is 32.7 Å². The number of hydrogen-bond donors (Lipinski definition) is 2. The van der Waals surface area contributed by atoms with Crippen molar-refractivity contribution < 1.29 is 14.4 Å². The first kappa shape index (κ1) is 17.9. The molecule has 2 N–H and O–H groups in total. The topological polar surface area (TPSA) is 81.8 Å². The van der Waals surface area contributed by atoms with Crippen molar-refractivity contribution in [2.75, 3.05) is 38.0 Å². The first-order valence-corrected chi connectivity index (χ1v) is 8.09. The molecule has 7 nitrogen and oxygen atoms in total. The second-order valence-corrected chi connectivity index (χ2v) is 5.94. The van der Waals surface area contributed by atoms with E-state index >= 15 is 0 Å². The van der Waals surface area contributed by atoms with Gasteiger partial charge in [0.25, 0.3) is 0 Å². The SMILES string of the molecule is CC(=O)NC(C)C(=O)N1CCN(CC(=O)Nc2ccccc2)CC1. The summed E-state index contributed by atoms with van der Waals surface area (Å²) in [6.45, 7) is 5.78. The molecule has 0 aliphatic carbocycles. The maximum absolute atomic E-state index is 12.2. The van der Waals surface area contributed by atoms with Gasteiger partial charge in [0.1, 0.15) is 6.04 Å². The Morgan fingerprint density at radius 2 is 1.71 bits per heavy atom. The molecule has 1 atom stereocenters. The first-order chi connectivity index (χ1) is 11.5. The van der Waals surface area contributed by atoms with Gasteiger partial charge < -0.3 is 15.5 Å². The molecule has 1 aromatic rings. The number of rotatable bonds is 5. The van der Waals surface area contributed by atoms with Crippen LogP contribution in [0.2, 0.25) is 0 Å². The van der Waals surface area contributed by atoms with Gasteiger partial charge in [-0.1, -0.05) is 18.2 Å². The molecule has 1 unspecified atom stereocenters. The largest absolute Gasteiger partial charge is 0.345 e. The van der Waals surface area contributed by atoms with E-state index in [1.54, 1.807) is 11.8 Å². The normalized spacial score (nSPS) is 16.3. The summed E-state index contributed by atoms with van der Waals surface area (Å²) in [6.07, 6.45) is 0. The number of nitrogens with one attached hydrogen (secondary N) is 2. The fraction of sp³-hybridized carbons (Fsp3) is 0.471. The quantitative estimate of drug-likeness (QED) is 0.812. The third-order valence-corrected chi connectivity index (χ3v) is 3.90. The molecule has 24 heavy (non-hydrogen) atoms. The molecule has 0 spiro atoms. The van der Waals surface area contributed by atoms with Gasteiger partial charge in [0.2, 0.25) is 17.7 Å². The molecule has 130 valence electrons. The van der Waals surface area contributed by atoms with E-state index in [-0.39, 0.29) is 17.7 Å². The van der Waals surface area contributed by atoms with Gasteiger partial charge in [-0.2, -0.15) is 0 Å². The average Bonchev–Trinajstić information content (AvgIpc) is 2.55. The monoisotopic (exact) mass is 332 g/mol. The fourth-order valence-corrected chi connectivity index (χ4v) is 2.69. The van der Waals surface area contributed by atoms with Gasteiger partial charge >= 0.3 is 0 Å². The molecule has 0 radical (unpaired) electrons. The van der Waals surface area contributed by atoms with Crippen molar-refractivity contribution in [2.24, 2.45) is 0 Å². The van der Waals surface area contributed by atoms with E-state index < -0.39 is 6.04 Å². The second kappa shape index (κ2) is 8.44. The van der Waals surface area contributed by atoms with Crippen LogP contribution in [0.3, 0.4) is 0 Å². The van der Waals surface area contributed by atoms with Gasteiger partial charge in [0.05, 0.1) is 6.54 Å². The molecule has 1 fully saturated rings. The van der Waals surface area contributed by atoms with Gasteiger partial charge in [-0.15, -0.1) is 0 Å². The number of carbonyl (C=O) groups excluding carboxylic acids is 3. The molecule has 2 rings (SSSR count). The Balaban J connectivity index is 1.75. The third kappa shape index (κ3) is 5.34. The lowest BCUT2D eigenvalue weighted by molar-refractivity contribution is -0.137. The number of piperazine rings is 1. The van der Waals surface area contributed by atoms with E-state index in [0.717, 1.165) is 5.69 Å². The van der Waals surface area contributed by atoms with Crippen LogP contribution in [-0.4, -0.2) is 66.3 Å². The Kier molecular flexibility index (Phi) is 6.31. The highest BCUT2D eigenvalue weighted by Crippen LogP contribution is 2.07. The van der Waals surface area contributed by atoms with Crippen LogP contribution in [0, 0.1) is 0 Å². The van der Waals surface area contributed by atoms with Gasteiger partial charge in [0, 0.05) is 38.8 Å². The van der Waals surface area contributed by atoms with Gasteiger partial charge in [-0.05, 0) is 19.1 Å². The highest BCUT2D eigenvalue weighted by Gasteiger charge is 2.25. The second-order valence-electron chi connectivity index (χ2n) is 5.94. The highest BCUT2D eigenvalue weighted by molar-refractivity contribution is 5.92. The van der Waals surface area contributed by atoms with Crippen molar-refractivity contribution >= 4 is 23.4 Å². The molecule has 1 aliphatic rings. The summed E-state index contributed by atoms with van der Waals surface area (Å²) in [5.74, 6) is -0.363. The third-order valence-electron chi connectivity index (χ3n) is 3.90. The standard InChI is InChI=1S/C17H24N4O3/c1-13(18-14(2)22)17(24)21-10-8-20(9-11-21)12-16(23)19-15-6-4-3-5-7-15/h3-7,13H,8-12H2,1-2H3,(H,18,22)(H,19,23). The number of nitrogens with zero attached hydrogens (tertiary/aromatic N) is 2. The number of para-hydroxylation sites is 1. The molecular formula is C17H24N4O3. The van der Waals surface area contributed by atoms with E-state index in [9.17, 15) is 14.4 Å². The molecule has 0 aromatic heterocycles. The molecule has 1 aliphatic heterocycles. The maximum Gasteiger partial charge on any atom is 0.244 e. The van der Waals surface area contributed by atoms with Crippen LogP contribution in [0.5, 0.6) is 0 Å². The van der Waals surface area contributed by atoms with E-state index in [2.05, 4.69) is 10.6 Å². The van der Waals surface area contributed by atoms with Gasteiger partial charge in [-0.3, -0.25) is 19.3 Å². The van der Waals surface area contributed by atoms with Gasteiger partial charge in [0.15, 0.2) is 0 Å². The highest BCUT2D eigenvalue weighted by atomic mass is 16.2. The van der Waals surface area contributed by atoms with E-state index in [1.807, 2.05) is 35.2 Å². The summed E-state index contributed by atoms with van der Waals surface area (Å²) in [5, 5.41) is 5.46. The zero-order chi connectivity index (χ0) is 17.5. The maximum atomic E-state index is 12.2. The van der Waals surface area contributed by atoms with Crippen LogP contribution in [0.4, 0.5) is 5.69 Å². The van der Waals surface area contributed by atoms with Crippen molar-refractivity contribution in [3.63, 3.8) is 0 Å². The molecule has 1 heterocycles. The average molecular weight is 332 g/mol. The van der Waals surface area contributed by atoms with Crippen molar-refractivity contribution in [3.8, 4) is 0 Å². The minimum absolute atomic E-state index is 0.0624. The van der Waals surface area contributed by atoms with Crippen LogP contribution >= 0.6 is 0 Å². The fourth-order valence-electron chi connectivity index (χ4n) is 2.69. The Labute approximate surface area is 142 Å². The minimum atomic E-state index is -0.518. The molecule has 7 heteroatoms. The Morgan fingerprint density at radius 1 is 1.08 bits per heavy atom. The van der Waals surface area contributed by atoms with E-state index in [1.165, 1.54) is 6.92 Å². The molecular weight excluding hydrogens is 308 g/mol. The number of amides is 3.